The lowest BCUT2D eigenvalue weighted by Crippen LogP contribution is -2.48. The third-order valence-electron chi connectivity index (χ3n) is 9.60. The maximum atomic E-state index is 12.9. The van der Waals surface area contributed by atoms with Gasteiger partial charge in [0.15, 0.2) is 23.0 Å². The third-order valence-corrected chi connectivity index (χ3v) is 11.2. The molecule has 0 spiro atoms. The van der Waals surface area contributed by atoms with Crippen LogP contribution in [-0.4, -0.2) is 84.7 Å². The van der Waals surface area contributed by atoms with E-state index in [0.717, 1.165) is 66.7 Å². The maximum absolute atomic E-state index is 12.9. The Hall–Kier alpha value is -5.79. The summed E-state index contributed by atoms with van der Waals surface area (Å²) in [7, 11) is 0. The van der Waals surface area contributed by atoms with E-state index < -0.39 is 11.8 Å². The molecule has 2 atom stereocenters. The molecule has 19 heteroatoms. The number of benzene rings is 1. The molecule has 0 radical (unpaired) electrons. The van der Waals surface area contributed by atoms with Crippen molar-refractivity contribution in [3.8, 4) is 0 Å². The van der Waals surface area contributed by atoms with Crippen LogP contribution in [0.3, 0.4) is 0 Å². The zero-order valence-corrected chi connectivity index (χ0v) is 34.9. The van der Waals surface area contributed by atoms with Gasteiger partial charge in [-0.05, 0) is 97.8 Å². The molecular formula is C39H50N14O3S2. The molecule has 4 aromatic heterocycles. The third kappa shape index (κ3) is 10.8. The average molecular weight is 827 g/mol. The number of nitrogens with zero attached hydrogens (tertiary/aromatic N) is 8. The molecule has 0 unspecified atom stereocenters. The molecule has 58 heavy (non-hydrogen) atoms. The quantitative estimate of drug-likeness (QED) is 0.111. The van der Waals surface area contributed by atoms with Gasteiger partial charge in [0.1, 0.15) is 21.6 Å². The lowest BCUT2D eigenvalue weighted by atomic mass is 9.86. The van der Waals surface area contributed by atoms with Gasteiger partial charge in [-0.15, -0.1) is 0 Å². The number of nitrogens with one attached hydrogen (secondary N) is 3. The van der Waals surface area contributed by atoms with Crippen molar-refractivity contribution >= 4 is 74.1 Å². The molecule has 2 fully saturated rings. The summed E-state index contributed by atoms with van der Waals surface area (Å²) in [6, 6.07) is 11.6. The maximum Gasteiger partial charge on any atom is 0.271 e. The number of nitrogens with two attached hydrogens (primary N) is 3. The molecule has 0 saturated carbocycles. The van der Waals surface area contributed by atoms with Gasteiger partial charge >= 0.3 is 0 Å². The summed E-state index contributed by atoms with van der Waals surface area (Å²) in [5, 5.41) is 10.9. The van der Waals surface area contributed by atoms with Crippen molar-refractivity contribution in [2.24, 2.45) is 17.2 Å². The smallest absolute Gasteiger partial charge is 0.271 e. The number of anilines is 6. The number of rotatable bonds is 10. The van der Waals surface area contributed by atoms with Crippen LogP contribution in [0.5, 0.6) is 0 Å². The van der Waals surface area contributed by atoms with Gasteiger partial charge in [0.25, 0.3) is 17.7 Å². The van der Waals surface area contributed by atoms with Gasteiger partial charge < -0.3 is 43.0 Å². The fourth-order valence-corrected chi connectivity index (χ4v) is 7.91. The number of hydrogen-bond acceptors (Lipinski definition) is 16. The first kappa shape index (κ1) is 41.8. The molecular weight excluding hydrogens is 777 g/mol. The molecule has 1 aromatic carbocycles. The minimum absolute atomic E-state index is 0.0308. The highest BCUT2D eigenvalue weighted by atomic mass is 32.1. The van der Waals surface area contributed by atoms with Crippen LogP contribution in [0, 0.1) is 13.8 Å². The summed E-state index contributed by atoms with van der Waals surface area (Å²) >= 11 is 2.56. The molecule has 0 aliphatic carbocycles. The van der Waals surface area contributed by atoms with Gasteiger partial charge in [0.2, 0.25) is 0 Å². The first-order valence-corrected chi connectivity index (χ1v) is 20.6. The topological polar surface area (TPSA) is 249 Å². The van der Waals surface area contributed by atoms with Crippen molar-refractivity contribution in [2.75, 3.05) is 46.6 Å². The monoisotopic (exact) mass is 826 g/mol. The number of aromatic nitrogens is 6. The van der Waals surface area contributed by atoms with Gasteiger partial charge in [-0.2, -0.15) is 8.75 Å². The van der Waals surface area contributed by atoms with Crippen LogP contribution in [-0.2, 0) is 5.41 Å². The number of amides is 3. The van der Waals surface area contributed by atoms with Crippen molar-refractivity contribution < 1.29 is 14.4 Å². The Morgan fingerprint density at radius 2 is 1.26 bits per heavy atom. The predicted octanol–water partition coefficient (Wildman–Crippen LogP) is 4.79. The molecule has 2 aliphatic heterocycles. The Kier molecular flexibility index (Phi) is 13.1. The summed E-state index contributed by atoms with van der Waals surface area (Å²) in [4.78, 5) is 58.1. The van der Waals surface area contributed by atoms with E-state index in [0.29, 0.717) is 35.4 Å². The average Bonchev–Trinajstić information content (AvgIpc) is 3.80. The summed E-state index contributed by atoms with van der Waals surface area (Å²) in [6.07, 6.45) is 6.91. The SMILES string of the molecule is Cc1cc(Nc2nc(N3CCC[C@@H](N)C3)cnc2C(N)=O)sn1.Cc1cc(Nc2nc(N3CCC[C@@H](NC(=O)c4ccc(C(C)(C)C)cc4)C3)cnc2C(N)=O)sn1. The van der Waals surface area contributed by atoms with Gasteiger partial charge in [-0.1, -0.05) is 32.9 Å². The summed E-state index contributed by atoms with van der Waals surface area (Å²) in [5.74, 6) is 0.579. The van der Waals surface area contributed by atoms with E-state index in [1.807, 2.05) is 50.2 Å². The predicted molar refractivity (Wildman–Crippen MR) is 229 cm³/mol. The van der Waals surface area contributed by atoms with E-state index in [1.165, 1.54) is 28.6 Å². The van der Waals surface area contributed by atoms with Crippen molar-refractivity contribution in [2.45, 2.75) is 77.8 Å². The van der Waals surface area contributed by atoms with Crippen LogP contribution >= 0.6 is 23.1 Å². The normalized spacial score (nSPS) is 16.9. The first-order chi connectivity index (χ1) is 27.6. The van der Waals surface area contributed by atoms with Crippen molar-refractivity contribution in [3.05, 3.63) is 82.7 Å². The highest BCUT2D eigenvalue weighted by Gasteiger charge is 2.26. The fourth-order valence-electron chi connectivity index (χ4n) is 6.59. The van der Waals surface area contributed by atoms with Gasteiger partial charge in [0.05, 0.1) is 23.8 Å². The van der Waals surface area contributed by atoms with Crippen LogP contribution < -0.4 is 43.0 Å². The Balaban J connectivity index is 0.000000213. The second kappa shape index (κ2) is 18.2. The zero-order chi connectivity index (χ0) is 41.6. The standard InChI is InChI=1S/C25H31N7O2S.C14H19N7OS/c1-15-12-20(35-31-15)30-23-21(22(26)33)27-13-19(29-23)32-11-5-6-18(14-32)28-24(34)16-7-9-17(10-8-16)25(2,3)4;1-8-5-11(23-20-8)19-14-12(13(16)22)17-6-10(18-14)21-4-2-3-9(15)7-21/h7-10,12-13,18H,5-6,11,14H2,1-4H3,(H2,26,33)(H,28,34)(H,29,30);5-6,9H,2-4,7,15H2,1H3,(H2,16,22)(H,18,19)/t18-;9-/m11/s1. The lowest BCUT2D eigenvalue weighted by molar-refractivity contribution is 0.0931. The first-order valence-electron chi connectivity index (χ1n) is 19.0. The molecule has 6 heterocycles. The number of hydrogen-bond donors (Lipinski definition) is 6. The van der Waals surface area contributed by atoms with Gasteiger partial charge in [-0.25, -0.2) is 19.9 Å². The second-order valence-electron chi connectivity index (χ2n) is 15.4. The Labute approximate surface area is 345 Å². The van der Waals surface area contributed by atoms with Crippen molar-refractivity contribution in [1.29, 1.82) is 0 Å². The Morgan fingerprint density at radius 3 is 1.71 bits per heavy atom. The zero-order valence-electron chi connectivity index (χ0n) is 33.3. The fraction of sp³-hybridized carbons (Fsp3) is 0.410. The summed E-state index contributed by atoms with van der Waals surface area (Å²) < 4.78 is 8.44. The van der Waals surface area contributed by atoms with E-state index in [9.17, 15) is 14.4 Å². The van der Waals surface area contributed by atoms with Crippen molar-refractivity contribution in [3.63, 3.8) is 0 Å². The molecule has 2 aliphatic rings. The van der Waals surface area contributed by atoms with Crippen LogP contribution in [0.1, 0.15) is 94.7 Å². The largest absolute Gasteiger partial charge is 0.364 e. The molecule has 7 rings (SSSR count). The van der Waals surface area contributed by atoms with E-state index in [4.69, 9.17) is 17.2 Å². The highest BCUT2D eigenvalue weighted by Crippen LogP contribution is 2.28. The van der Waals surface area contributed by atoms with E-state index in [1.54, 1.807) is 12.4 Å². The van der Waals surface area contributed by atoms with Crippen LogP contribution in [0.2, 0.25) is 0 Å². The van der Waals surface area contributed by atoms with E-state index in [2.05, 4.69) is 75.2 Å². The minimum Gasteiger partial charge on any atom is -0.364 e. The van der Waals surface area contributed by atoms with Gasteiger partial charge in [0, 0.05) is 43.8 Å². The highest BCUT2D eigenvalue weighted by molar-refractivity contribution is 7.10. The number of piperidine rings is 2. The molecule has 5 aromatic rings. The number of carbonyl (C=O) groups is 3. The van der Waals surface area contributed by atoms with Gasteiger partial charge in [-0.3, -0.25) is 14.4 Å². The van der Waals surface area contributed by atoms with E-state index >= 15 is 0 Å². The van der Waals surface area contributed by atoms with Crippen LogP contribution in [0.15, 0.2) is 48.8 Å². The Morgan fingerprint density at radius 1 is 0.759 bits per heavy atom. The molecule has 17 nitrogen and oxygen atoms in total. The molecule has 0 bridgehead atoms. The minimum atomic E-state index is -0.658. The lowest BCUT2D eigenvalue weighted by Gasteiger charge is -2.34. The molecule has 3 amide bonds. The molecule has 2 saturated heterocycles. The molecule has 9 N–H and O–H groups in total. The van der Waals surface area contributed by atoms with E-state index in [-0.39, 0.29) is 34.8 Å². The van der Waals surface area contributed by atoms with Crippen LogP contribution in [0.25, 0.3) is 0 Å². The summed E-state index contributed by atoms with van der Waals surface area (Å²) in [5.41, 5.74) is 20.7. The van der Waals surface area contributed by atoms with Crippen molar-refractivity contribution in [1.82, 2.24) is 34.0 Å². The molecule has 306 valence electrons. The number of primary amides is 2. The Bertz CT molecular complexity index is 2240. The van der Waals surface area contributed by atoms with Crippen LogP contribution in [0.4, 0.5) is 33.3 Å². The number of carbonyl (C=O) groups excluding carboxylic acids is 3. The number of aryl methyl sites for hydroxylation is 2. The second-order valence-corrected chi connectivity index (χ2v) is 17.0. The summed E-state index contributed by atoms with van der Waals surface area (Å²) in [6.45, 7) is 13.2.